The number of nitro groups is 1. The number of pyridine rings is 1. The summed E-state index contributed by atoms with van der Waals surface area (Å²) in [5, 5.41) is 13.4. The Hall–Kier alpha value is -2.96. The minimum Gasteiger partial charge on any atom is -0.393 e. The fraction of sp³-hybridized carbons (Fsp3) is 0.143. The van der Waals surface area contributed by atoms with Gasteiger partial charge in [-0.2, -0.15) is 0 Å². The number of benzene rings is 1. The van der Waals surface area contributed by atoms with Crippen molar-refractivity contribution in [3.05, 3.63) is 57.3 Å². The Morgan fingerprint density at radius 3 is 2.62 bits per heavy atom. The van der Waals surface area contributed by atoms with Crippen LogP contribution in [0.25, 0.3) is 0 Å². The van der Waals surface area contributed by atoms with E-state index in [1.54, 1.807) is 6.07 Å². The molecule has 0 atom stereocenters. The number of nitro benzene ring substituents is 1. The Morgan fingerprint density at radius 1 is 1.29 bits per heavy atom. The zero-order chi connectivity index (χ0) is 15.6. The van der Waals surface area contributed by atoms with Crippen LogP contribution in [-0.2, 0) is 0 Å². The fourth-order valence-corrected chi connectivity index (χ4v) is 1.73. The molecule has 0 aliphatic heterocycles. The molecule has 0 spiro atoms. The first-order valence-electron chi connectivity index (χ1n) is 6.18. The van der Waals surface area contributed by atoms with Gasteiger partial charge in [0.1, 0.15) is 11.5 Å². The van der Waals surface area contributed by atoms with Crippen LogP contribution in [0.1, 0.15) is 21.6 Å². The maximum absolute atomic E-state index is 12.1. The highest BCUT2D eigenvalue weighted by atomic mass is 16.6. The van der Waals surface area contributed by atoms with Crippen molar-refractivity contribution in [2.75, 3.05) is 11.1 Å². The number of anilines is 2. The van der Waals surface area contributed by atoms with E-state index < -0.39 is 10.8 Å². The molecular formula is C14H14N4O3. The van der Waals surface area contributed by atoms with Gasteiger partial charge in [0.25, 0.3) is 11.6 Å². The molecule has 7 heteroatoms. The second kappa shape index (κ2) is 5.58. The van der Waals surface area contributed by atoms with Crippen LogP contribution in [0.4, 0.5) is 17.2 Å². The van der Waals surface area contributed by atoms with Gasteiger partial charge in [-0.25, -0.2) is 4.98 Å². The quantitative estimate of drug-likeness (QED) is 0.511. The SMILES string of the molecule is Cc1ccc(NC(=O)c2ccc(N)c([N+](=O)[O-])c2)nc1C. The Kier molecular flexibility index (Phi) is 3.84. The monoisotopic (exact) mass is 286 g/mol. The molecule has 3 N–H and O–H groups in total. The van der Waals surface area contributed by atoms with E-state index in [0.29, 0.717) is 5.82 Å². The standard InChI is InChI=1S/C14H14N4O3/c1-8-3-6-13(16-9(8)2)17-14(19)10-4-5-11(15)12(7-10)18(20)21/h3-7H,15H2,1-2H3,(H,16,17,19). The minimum atomic E-state index is -0.625. The molecule has 0 saturated heterocycles. The van der Waals surface area contributed by atoms with Gasteiger partial charge in [-0.15, -0.1) is 0 Å². The van der Waals surface area contributed by atoms with Gasteiger partial charge >= 0.3 is 0 Å². The lowest BCUT2D eigenvalue weighted by Crippen LogP contribution is -2.14. The number of nitrogen functional groups attached to an aromatic ring is 1. The molecule has 2 rings (SSSR count). The summed E-state index contributed by atoms with van der Waals surface area (Å²) < 4.78 is 0. The number of amides is 1. The number of nitrogens with one attached hydrogen (secondary N) is 1. The summed E-state index contributed by atoms with van der Waals surface area (Å²) in [6.45, 7) is 3.75. The van der Waals surface area contributed by atoms with Crippen molar-refractivity contribution < 1.29 is 9.72 Å². The van der Waals surface area contributed by atoms with Crippen LogP contribution in [0.5, 0.6) is 0 Å². The molecule has 1 amide bonds. The summed E-state index contributed by atoms with van der Waals surface area (Å²) in [7, 11) is 0. The minimum absolute atomic E-state index is 0.0147. The third-order valence-electron chi connectivity index (χ3n) is 3.08. The topological polar surface area (TPSA) is 111 Å². The van der Waals surface area contributed by atoms with Gasteiger partial charge in [-0.1, -0.05) is 6.07 Å². The first-order valence-corrected chi connectivity index (χ1v) is 6.18. The maximum atomic E-state index is 12.1. The Bertz CT molecular complexity index is 728. The van der Waals surface area contributed by atoms with E-state index in [1.165, 1.54) is 12.1 Å². The third kappa shape index (κ3) is 3.14. The molecule has 0 saturated carbocycles. The van der Waals surface area contributed by atoms with Crippen molar-refractivity contribution in [2.24, 2.45) is 0 Å². The molecular weight excluding hydrogens is 272 g/mol. The number of aryl methyl sites for hydroxylation is 2. The summed E-state index contributed by atoms with van der Waals surface area (Å²) >= 11 is 0. The third-order valence-corrected chi connectivity index (χ3v) is 3.08. The molecule has 0 unspecified atom stereocenters. The van der Waals surface area contributed by atoms with Crippen LogP contribution in [0.15, 0.2) is 30.3 Å². The maximum Gasteiger partial charge on any atom is 0.292 e. The Morgan fingerprint density at radius 2 is 2.00 bits per heavy atom. The number of hydrogen-bond acceptors (Lipinski definition) is 5. The van der Waals surface area contributed by atoms with Crippen molar-refractivity contribution >= 4 is 23.1 Å². The summed E-state index contributed by atoms with van der Waals surface area (Å²) in [4.78, 5) is 26.5. The van der Waals surface area contributed by atoms with Crippen LogP contribution in [-0.4, -0.2) is 15.8 Å². The molecule has 1 aromatic carbocycles. The smallest absolute Gasteiger partial charge is 0.292 e. The highest BCUT2D eigenvalue weighted by molar-refractivity contribution is 6.04. The van der Waals surface area contributed by atoms with Crippen molar-refractivity contribution in [3.63, 3.8) is 0 Å². The van der Waals surface area contributed by atoms with Crippen LogP contribution in [0.3, 0.4) is 0 Å². The zero-order valence-electron chi connectivity index (χ0n) is 11.6. The van der Waals surface area contributed by atoms with E-state index in [2.05, 4.69) is 10.3 Å². The number of carbonyl (C=O) groups is 1. The number of nitrogens with zero attached hydrogens (tertiary/aromatic N) is 2. The second-order valence-corrected chi connectivity index (χ2v) is 4.58. The summed E-state index contributed by atoms with van der Waals surface area (Å²) in [5.41, 5.74) is 7.17. The van der Waals surface area contributed by atoms with E-state index in [0.717, 1.165) is 17.3 Å². The molecule has 0 aliphatic carbocycles. The van der Waals surface area contributed by atoms with E-state index in [4.69, 9.17) is 5.73 Å². The number of aromatic nitrogens is 1. The van der Waals surface area contributed by atoms with Crippen LogP contribution in [0, 0.1) is 24.0 Å². The lowest BCUT2D eigenvalue weighted by Gasteiger charge is -2.07. The lowest BCUT2D eigenvalue weighted by atomic mass is 10.1. The zero-order valence-corrected chi connectivity index (χ0v) is 11.6. The van der Waals surface area contributed by atoms with Gasteiger partial charge in [-0.3, -0.25) is 14.9 Å². The van der Waals surface area contributed by atoms with Gasteiger partial charge < -0.3 is 11.1 Å². The van der Waals surface area contributed by atoms with Crippen molar-refractivity contribution in [1.29, 1.82) is 0 Å². The Balaban J connectivity index is 2.26. The number of carbonyl (C=O) groups excluding carboxylic acids is 1. The van der Waals surface area contributed by atoms with E-state index in [1.807, 2.05) is 19.9 Å². The molecule has 21 heavy (non-hydrogen) atoms. The van der Waals surface area contributed by atoms with Crippen molar-refractivity contribution in [3.8, 4) is 0 Å². The van der Waals surface area contributed by atoms with Gasteiger partial charge in [0.2, 0.25) is 0 Å². The second-order valence-electron chi connectivity index (χ2n) is 4.58. The largest absolute Gasteiger partial charge is 0.393 e. The summed E-state index contributed by atoms with van der Waals surface area (Å²) in [6.07, 6.45) is 0. The van der Waals surface area contributed by atoms with E-state index in [9.17, 15) is 14.9 Å². The van der Waals surface area contributed by atoms with Crippen molar-refractivity contribution in [1.82, 2.24) is 4.98 Å². The molecule has 0 aliphatic rings. The molecule has 108 valence electrons. The van der Waals surface area contributed by atoms with E-state index >= 15 is 0 Å². The first-order chi connectivity index (χ1) is 9.88. The molecule has 7 nitrogen and oxygen atoms in total. The highest BCUT2D eigenvalue weighted by Gasteiger charge is 2.16. The van der Waals surface area contributed by atoms with Crippen LogP contribution in [0.2, 0.25) is 0 Å². The van der Waals surface area contributed by atoms with E-state index in [-0.39, 0.29) is 16.9 Å². The number of rotatable bonds is 3. The van der Waals surface area contributed by atoms with Gasteiger partial charge in [0.15, 0.2) is 0 Å². The average Bonchev–Trinajstić information content (AvgIpc) is 2.43. The molecule has 0 bridgehead atoms. The summed E-state index contributed by atoms with van der Waals surface area (Å²) in [5.74, 6) is -0.0866. The number of nitrogens with two attached hydrogens (primary N) is 1. The lowest BCUT2D eigenvalue weighted by molar-refractivity contribution is -0.383. The van der Waals surface area contributed by atoms with Crippen LogP contribution < -0.4 is 11.1 Å². The predicted molar refractivity (Wildman–Crippen MR) is 79.2 cm³/mol. The molecule has 0 radical (unpaired) electrons. The van der Waals surface area contributed by atoms with Gasteiger partial charge in [0.05, 0.1) is 4.92 Å². The molecule has 2 aromatic rings. The molecule has 0 fully saturated rings. The fourth-order valence-electron chi connectivity index (χ4n) is 1.73. The van der Waals surface area contributed by atoms with Gasteiger partial charge in [0, 0.05) is 17.3 Å². The van der Waals surface area contributed by atoms with Gasteiger partial charge in [-0.05, 0) is 37.6 Å². The first kappa shape index (κ1) is 14.4. The summed E-state index contributed by atoms with van der Waals surface area (Å²) in [6, 6.07) is 7.42. The molecule has 1 heterocycles. The average molecular weight is 286 g/mol. The van der Waals surface area contributed by atoms with Crippen molar-refractivity contribution in [2.45, 2.75) is 13.8 Å². The normalized spacial score (nSPS) is 10.2. The van der Waals surface area contributed by atoms with Crippen LogP contribution >= 0.6 is 0 Å². The number of hydrogen-bond donors (Lipinski definition) is 2. The molecule has 1 aromatic heterocycles. The highest BCUT2D eigenvalue weighted by Crippen LogP contribution is 2.22. The predicted octanol–water partition coefficient (Wildman–Crippen LogP) is 2.44. The Labute approximate surface area is 121 Å².